The molecule has 0 saturated carbocycles. The molecule has 0 bridgehead atoms. The molecule has 0 fully saturated rings. The summed E-state index contributed by atoms with van der Waals surface area (Å²) in [6, 6.07) is 23.3. The molecule has 1 amide bonds. The molecule has 202 valence electrons. The number of H-pyrrole nitrogens is 1. The molecular weight excluding hydrogens is 530 g/mol. The van der Waals surface area contributed by atoms with Crippen LogP contribution in [-0.4, -0.2) is 41.4 Å². The van der Waals surface area contributed by atoms with Crippen LogP contribution in [0.15, 0.2) is 96.0 Å². The van der Waals surface area contributed by atoms with Crippen LogP contribution in [0.5, 0.6) is 0 Å². The molecule has 10 nitrogen and oxygen atoms in total. The lowest BCUT2D eigenvalue weighted by Crippen LogP contribution is -2.30. The number of anilines is 2. The number of carbonyl (C=O) groups excluding carboxylic acids is 2. The molecule has 3 aromatic carbocycles. The molecule has 0 aliphatic carbocycles. The molecule has 0 aliphatic rings. The van der Waals surface area contributed by atoms with E-state index >= 15 is 0 Å². The molecule has 1 atom stereocenters. The van der Waals surface area contributed by atoms with Crippen molar-refractivity contribution in [3.8, 4) is 11.4 Å². The number of aromatic nitrogens is 3. The Kier molecular flexibility index (Phi) is 7.30. The predicted molar refractivity (Wildman–Crippen MR) is 151 cm³/mol. The van der Waals surface area contributed by atoms with Gasteiger partial charge in [-0.25, -0.2) is 23.2 Å². The number of imidazole rings is 1. The maximum Gasteiger partial charge on any atom is 0.338 e. The number of hydrogen-bond acceptors (Lipinski definition) is 7. The Labute approximate surface area is 230 Å². The van der Waals surface area contributed by atoms with Crippen molar-refractivity contribution < 1.29 is 22.7 Å². The first-order chi connectivity index (χ1) is 19.2. The minimum absolute atomic E-state index is 0.00429. The van der Waals surface area contributed by atoms with E-state index in [0.717, 1.165) is 11.1 Å². The minimum atomic E-state index is -3.85. The molecule has 3 N–H and O–H groups in total. The zero-order valence-electron chi connectivity index (χ0n) is 21.6. The molecule has 2 heterocycles. The molecule has 5 aromatic rings. The van der Waals surface area contributed by atoms with Gasteiger partial charge in [-0.3, -0.25) is 9.52 Å². The third-order valence-corrected chi connectivity index (χ3v) is 7.40. The lowest BCUT2D eigenvalue weighted by Gasteiger charge is -2.14. The van der Waals surface area contributed by atoms with Crippen LogP contribution in [-0.2, 0) is 19.6 Å². The average molecular weight is 556 g/mol. The number of hydrogen-bond donors (Lipinski definition) is 3. The first-order valence-corrected chi connectivity index (χ1v) is 13.8. The van der Waals surface area contributed by atoms with Gasteiger partial charge in [-0.05, 0) is 68.4 Å². The maximum atomic E-state index is 12.8. The number of aromatic amines is 1. The van der Waals surface area contributed by atoms with E-state index in [2.05, 4.69) is 25.0 Å². The number of pyridine rings is 1. The van der Waals surface area contributed by atoms with Gasteiger partial charge in [-0.2, -0.15) is 0 Å². The normalized spacial score (nSPS) is 12.1. The standard InChI is InChI=1S/C29H25N5O5S/c1-18-6-8-20(9-7-18)27-32-24-15-10-21(17-25(24)33-27)29(36)39-19(2)28(35)31-22-11-13-23(14-12-22)40(37,38)34-26-5-3-4-16-30-26/h3-17,19H,1-2H3,(H,30,34)(H,31,35)(H,32,33). The van der Waals surface area contributed by atoms with Gasteiger partial charge < -0.3 is 15.0 Å². The van der Waals surface area contributed by atoms with E-state index in [1.807, 2.05) is 31.2 Å². The van der Waals surface area contributed by atoms with Crippen molar-refractivity contribution in [2.45, 2.75) is 24.8 Å². The summed E-state index contributed by atoms with van der Waals surface area (Å²) < 4.78 is 32.9. The van der Waals surface area contributed by atoms with Crippen LogP contribution in [0.3, 0.4) is 0 Å². The number of aryl methyl sites for hydroxylation is 1. The van der Waals surface area contributed by atoms with Gasteiger partial charge in [-0.1, -0.05) is 35.9 Å². The Bertz CT molecular complexity index is 1780. The van der Waals surface area contributed by atoms with Gasteiger partial charge in [0.25, 0.3) is 15.9 Å². The number of nitrogens with zero attached hydrogens (tertiary/aromatic N) is 2. The summed E-state index contributed by atoms with van der Waals surface area (Å²) in [5.74, 6) is -0.369. The van der Waals surface area contributed by atoms with Gasteiger partial charge in [0.15, 0.2) is 6.10 Å². The fourth-order valence-corrected chi connectivity index (χ4v) is 4.86. The highest BCUT2D eigenvalue weighted by Crippen LogP contribution is 2.23. The summed E-state index contributed by atoms with van der Waals surface area (Å²) in [4.78, 5) is 37.1. The highest BCUT2D eigenvalue weighted by Gasteiger charge is 2.21. The molecule has 0 radical (unpaired) electrons. The Morgan fingerprint density at radius 3 is 2.40 bits per heavy atom. The molecule has 0 saturated heterocycles. The second kappa shape index (κ2) is 11.0. The topological polar surface area (TPSA) is 143 Å². The molecule has 0 aliphatic heterocycles. The van der Waals surface area contributed by atoms with Crippen LogP contribution >= 0.6 is 0 Å². The molecule has 5 rings (SSSR count). The first-order valence-electron chi connectivity index (χ1n) is 12.3. The van der Waals surface area contributed by atoms with E-state index in [-0.39, 0.29) is 16.3 Å². The van der Waals surface area contributed by atoms with Gasteiger partial charge in [0.2, 0.25) is 0 Å². The number of amides is 1. The summed E-state index contributed by atoms with van der Waals surface area (Å²) >= 11 is 0. The molecule has 0 spiro atoms. The van der Waals surface area contributed by atoms with Crippen molar-refractivity contribution in [1.29, 1.82) is 0 Å². The summed E-state index contributed by atoms with van der Waals surface area (Å²) in [5.41, 5.74) is 4.02. The van der Waals surface area contributed by atoms with Crippen molar-refractivity contribution >= 4 is 44.4 Å². The lowest BCUT2D eigenvalue weighted by atomic mass is 10.1. The summed E-state index contributed by atoms with van der Waals surface area (Å²) in [7, 11) is -3.85. The fraction of sp³-hybridized carbons (Fsp3) is 0.103. The zero-order chi connectivity index (χ0) is 28.3. The van der Waals surface area contributed by atoms with E-state index < -0.39 is 28.0 Å². The maximum absolute atomic E-state index is 12.8. The van der Waals surface area contributed by atoms with E-state index in [9.17, 15) is 18.0 Å². The van der Waals surface area contributed by atoms with Gasteiger partial charge in [0.1, 0.15) is 11.6 Å². The monoisotopic (exact) mass is 555 g/mol. The van der Waals surface area contributed by atoms with Gasteiger partial charge in [0, 0.05) is 17.4 Å². The second-order valence-corrected chi connectivity index (χ2v) is 10.7. The van der Waals surface area contributed by atoms with Crippen molar-refractivity contribution in [3.05, 3.63) is 102 Å². The second-order valence-electron chi connectivity index (χ2n) is 9.07. The largest absolute Gasteiger partial charge is 0.449 e. The number of carbonyl (C=O) groups is 2. The Hall–Kier alpha value is -5.03. The zero-order valence-corrected chi connectivity index (χ0v) is 22.4. The number of rotatable bonds is 8. The van der Waals surface area contributed by atoms with E-state index in [1.165, 1.54) is 43.5 Å². The summed E-state index contributed by atoms with van der Waals surface area (Å²) in [6.07, 6.45) is 0.366. The van der Waals surface area contributed by atoms with Crippen LogP contribution < -0.4 is 10.0 Å². The minimum Gasteiger partial charge on any atom is -0.449 e. The third kappa shape index (κ3) is 6.00. The SMILES string of the molecule is Cc1ccc(-c2nc3ccc(C(=O)OC(C)C(=O)Nc4ccc(S(=O)(=O)Nc5ccccn5)cc4)cc3[nH]2)cc1. The Morgan fingerprint density at radius 1 is 0.950 bits per heavy atom. The molecule has 1 unspecified atom stereocenters. The van der Waals surface area contributed by atoms with Gasteiger partial charge in [-0.15, -0.1) is 0 Å². The van der Waals surface area contributed by atoms with Crippen molar-refractivity contribution in [3.63, 3.8) is 0 Å². The smallest absolute Gasteiger partial charge is 0.338 e. The average Bonchev–Trinajstić information content (AvgIpc) is 3.37. The van der Waals surface area contributed by atoms with Crippen molar-refractivity contribution in [2.75, 3.05) is 10.0 Å². The molecular formula is C29H25N5O5S. The fourth-order valence-electron chi connectivity index (χ4n) is 3.85. The van der Waals surface area contributed by atoms with Crippen molar-refractivity contribution in [1.82, 2.24) is 15.0 Å². The van der Waals surface area contributed by atoms with Crippen molar-refractivity contribution in [2.24, 2.45) is 0 Å². The number of nitrogens with one attached hydrogen (secondary N) is 3. The molecule has 2 aromatic heterocycles. The first kappa shape index (κ1) is 26.6. The van der Waals surface area contributed by atoms with E-state index in [4.69, 9.17) is 4.74 Å². The number of sulfonamides is 1. The van der Waals surface area contributed by atoms with Crippen LogP contribution in [0, 0.1) is 6.92 Å². The third-order valence-electron chi connectivity index (χ3n) is 6.03. The lowest BCUT2D eigenvalue weighted by molar-refractivity contribution is -0.123. The number of ether oxygens (including phenoxy) is 1. The number of esters is 1. The van der Waals surface area contributed by atoms with Crippen LogP contribution in [0.1, 0.15) is 22.8 Å². The van der Waals surface area contributed by atoms with E-state index in [0.29, 0.717) is 22.5 Å². The molecule has 40 heavy (non-hydrogen) atoms. The van der Waals surface area contributed by atoms with Crippen LogP contribution in [0.2, 0.25) is 0 Å². The quantitative estimate of drug-likeness (QED) is 0.231. The Balaban J connectivity index is 1.21. The molecule has 11 heteroatoms. The number of benzene rings is 3. The number of fused-ring (bicyclic) bond motifs is 1. The van der Waals surface area contributed by atoms with Crippen LogP contribution in [0.25, 0.3) is 22.4 Å². The summed E-state index contributed by atoms with van der Waals surface area (Å²) in [6.45, 7) is 3.46. The Morgan fingerprint density at radius 2 is 1.70 bits per heavy atom. The highest BCUT2D eigenvalue weighted by atomic mass is 32.2. The van der Waals surface area contributed by atoms with Gasteiger partial charge in [0.05, 0.1) is 21.5 Å². The van der Waals surface area contributed by atoms with E-state index in [1.54, 1.807) is 30.3 Å². The highest BCUT2D eigenvalue weighted by molar-refractivity contribution is 7.92. The summed E-state index contributed by atoms with van der Waals surface area (Å²) in [5, 5.41) is 2.62. The predicted octanol–water partition coefficient (Wildman–Crippen LogP) is 4.92. The van der Waals surface area contributed by atoms with Gasteiger partial charge >= 0.3 is 5.97 Å². The van der Waals surface area contributed by atoms with Crippen LogP contribution in [0.4, 0.5) is 11.5 Å².